The third kappa shape index (κ3) is 7.62. The molecule has 16 heteroatoms. The number of aliphatic hydroxyl groups is 2. The van der Waals surface area contributed by atoms with E-state index in [9.17, 15) is 33.0 Å². The molecule has 1 saturated carbocycles. The molecule has 3 amide bonds. The van der Waals surface area contributed by atoms with Crippen LogP contribution in [0.15, 0.2) is 67.0 Å². The van der Waals surface area contributed by atoms with Crippen LogP contribution in [-0.4, -0.2) is 122 Å². The van der Waals surface area contributed by atoms with Gasteiger partial charge in [-0.15, -0.1) is 0 Å². The van der Waals surface area contributed by atoms with Gasteiger partial charge in [-0.2, -0.15) is 23.1 Å². The van der Waals surface area contributed by atoms with Crippen LogP contribution < -0.4 is 15.5 Å². The molecule has 1 aliphatic heterocycles. The first kappa shape index (κ1) is 36.8. The highest BCUT2D eigenvalue weighted by molar-refractivity contribution is 5.85. The Kier molecular flexibility index (Phi) is 10.9. The second-order valence-corrected chi connectivity index (χ2v) is 13.6. The number of hydrogen-bond donors (Lipinski definition) is 4. The van der Waals surface area contributed by atoms with Gasteiger partial charge < -0.3 is 40.1 Å². The number of halogens is 3. The van der Waals surface area contributed by atoms with Gasteiger partial charge in [0.1, 0.15) is 12.2 Å². The van der Waals surface area contributed by atoms with E-state index in [0.29, 0.717) is 53.9 Å². The van der Waals surface area contributed by atoms with Crippen LogP contribution in [0.5, 0.6) is 0 Å². The van der Waals surface area contributed by atoms with Crippen molar-refractivity contribution in [2.75, 3.05) is 50.5 Å². The molecule has 5 atom stereocenters. The van der Waals surface area contributed by atoms with E-state index in [1.54, 1.807) is 25.6 Å². The average molecular weight is 724 g/mol. The van der Waals surface area contributed by atoms with Crippen LogP contribution in [0.3, 0.4) is 0 Å². The van der Waals surface area contributed by atoms with E-state index < -0.39 is 36.4 Å². The van der Waals surface area contributed by atoms with Gasteiger partial charge in [0.15, 0.2) is 17.0 Å². The van der Waals surface area contributed by atoms with Crippen molar-refractivity contribution in [3.8, 4) is 0 Å². The number of carbonyl (C=O) groups is 2. The third-order valence-electron chi connectivity index (χ3n) is 9.84. The minimum atomic E-state index is -5.14. The number of anilines is 2. The Morgan fingerprint density at radius 1 is 1.00 bits per heavy atom. The molecule has 2 aromatic heterocycles. The summed E-state index contributed by atoms with van der Waals surface area (Å²) in [6.07, 6.45) is -6.16. The van der Waals surface area contributed by atoms with Crippen LogP contribution in [0, 0.1) is 0 Å². The van der Waals surface area contributed by atoms with Crippen LogP contribution in [0.2, 0.25) is 0 Å². The molecule has 52 heavy (non-hydrogen) atoms. The summed E-state index contributed by atoms with van der Waals surface area (Å²) < 4.78 is 42.3. The number of amides is 3. The van der Waals surface area contributed by atoms with E-state index in [0.717, 1.165) is 11.1 Å². The molecule has 0 unspecified atom stereocenters. The van der Waals surface area contributed by atoms with Gasteiger partial charge in [0.2, 0.25) is 5.95 Å². The Balaban J connectivity index is 1.37. The minimum Gasteiger partial charge on any atom is -0.388 e. The number of rotatable bonds is 11. The maximum Gasteiger partial charge on any atom is 0.471 e. The van der Waals surface area contributed by atoms with Crippen molar-refractivity contribution in [2.45, 2.75) is 68.6 Å². The Hall–Kier alpha value is -4.96. The Morgan fingerprint density at radius 2 is 1.65 bits per heavy atom. The van der Waals surface area contributed by atoms with E-state index in [2.05, 4.69) is 39.9 Å². The number of urea groups is 1. The molecule has 278 valence electrons. The zero-order chi connectivity index (χ0) is 37.2. The Labute approximate surface area is 299 Å². The number of carbonyl (C=O) groups excluding carboxylic acids is 2. The molecule has 1 saturated heterocycles. The topological polar surface area (TPSA) is 152 Å². The number of nitrogens with zero attached hydrogens (tertiary/aromatic N) is 7. The zero-order valence-corrected chi connectivity index (χ0v) is 29.2. The van der Waals surface area contributed by atoms with Gasteiger partial charge >= 0.3 is 18.1 Å². The fraction of sp³-hybridized carbons (Fsp3) is 0.472. The first-order valence-corrected chi connectivity index (χ1v) is 17.4. The Morgan fingerprint density at radius 3 is 2.25 bits per heavy atom. The fourth-order valence-electron chi connectivity index (χ4n) is 7.17. The lowest BCUT2D eigenvalue weighted by molar-refractivity contribution is -0.190. The molecule has 2 fully saturated rings. The number of nitrogens with one attached hydrogen (secondary N) is 2. The fourth-order valence-corrected chi connectivity index (χ4v) is 7.17. The van der Waals surface area contributed by atoms with Gasteiger partial charge in [-0.25, -0.2) is 9.78 Å². The minimum absolute atomic E-state index is 0.0707. The van der Waals surface area contributed by atoms with Crippen LogP contribution in [0.25, 0.3) is 11.2 Å². The molecule has 4 N–H and O–H groups in total. The van der Waals surface area contributed by atoms with Crippen molar-refractivity contribution >= 4 is 34.9 Å². The highest BCUT2D eigenvalue weighted by atomic mass is 19.4. The van der Waals surface area contributed by atoms with Gasteiger partial charge in [-0.1, -0.05) is 67.6 Å². The van der Waals surface area contributed by atoms with E-state index in [4.69, 9.17) is 9.97 Å². The highest BCUT2D eigenvalue weighted by Gasteiger charge is 2.51. The highest BCUT2D eigenvalue weighted by Crippen LogP contribution is 2.38. The van der Waals surface area contributed by atoms with E-state index >= 15 is 0 Å². The van der Waals surface area contributed by atoms with Crippen molar-refractivity contribution < 1.29 is 33.0 Å². The molecule has 0 radical (unpaired) electrons. The maximum absolute atomic E-state index is 13.6. The van der Waals surface area contributed by atoms with Gasteiger partial charge in [-0.05, 0) is 30.4 Å². The predicted octanol–water partition coefficient (Wildman–Crippen LogP) is 3.76. The van der Waals surface area contributed by atoms with Crippen LogP contribution in [-0.2, 0) is 4.79 Å². The molecule has 2 aliphatic rings. The maximum atomic E-state index is 13.6. The summed E-state index contributed by atoms with van der Waals surface area (Å²) in [5, 5.41) is 28.8. The lowest BCUT2D eigenvalue weighted by atomic mass is 9.91. The lowest BCUT2D eigenvalue weighted by Crippen LogP contribution is -2.51. The number of benzene rings is 2. The van der Waals surface area contributed by atoms with Gasteiger partial charge in [0.25, 0.3) is 0 Å². The molecule has 4 aromatic rings. The summed E-state index contributed by atoms with van der Waals surface area (Å²) in [4.78, 5) is 43.2. The van der Waals surface area contributed by atoms with Crippen molar-refractivity contribution in [3.05, 3.63) is 78.1 Å². The monoisotopic (exact) mass is 723 g/mol. The molecular formula is C36H44F3N9O4. The molecule has 6 rings (SSSR count). The van der Waals surface area contributed by atoms with Crippen molar-refractivity contribution in [1.82, 2.24) is 34.6 Å². The number of hydrogen-bond acceptors (Lipinski definition) is 9. The molecule has 13 nitrogen and oxygen atoms in total. The summed E-state index contributed by atoms with van der Waals surface area (Å²) >= 11 is 0. The summed E-state index contributed by atoms with van der Waals surface area (Å²) in [6, 6.07) is 17.4. The number of aromatic nitrogens is 4. The van der Waals surface area contributed by atoms with E-state index in [1.165, 1.54) is 11.2 Å². The second kappa shape index (κ2) is 15.3. The largest absolute Gasteiger partial charge is 0.471 e. The number of imidazole rings is 1. The molecule has 3 heterocycles. The average Bonchev–Trinajstić information content (AvgIpc) is 3.85. The molecule has 1 aliphatic carbocycles. The van der Waals surface area contributed by atoms with Crippen LogP contribution in [0.1, 0.15) is 49.3 Å². The number of alkyl halides is 3. The smallest absolute Gasteiger partial charge is 0.388 e. The standard InChI is InChI=1S/C36H44F3N9O4/c1-4-16-47(33(51)36(37,38)39)26-18-27(30(50)29(26)49)48-21-41-28-31(40-19-25(22-11-7-5-8-12-22)23-13-9-6-10-14-23)43-34(44-32(28)48)46-17-15-24(20-46)42-35(52)45(2)3/h5-14,21,24-27,29-30,49-50H,4,15-20H2,1-3H3,(H,42,52)(H,40,43,44)/t24-,26+,27-,29-,30+/m1/s1. The first-order chi connectivity index (χ1) is 24.9. The summed E-state index contributed by atoms with van der Waals surface area (Å²) in [6.45, 7) is 2.78. The molecule has 0 spiro atoms. The van der Waals surface area contributed by atoms with Gasteiger partial charge in [0.05, 0.1) is 18.4 Å². The number of aliphatic hydroxyl groups excluding tert-OH is 2. The van der Waals surface area contributed by atoms with Crippen molar-refractivity contribution in [3.63, 3.8) is 0 Å². The van der Waals surface area contributed by atoms with Gasteiger partial charge in [-0.3, -0.25) is 4.79 Å². The van der Waals surface area contributed by atoms with E-state index in [-0.39, 0.29) is 37.4 Å². The molecule has 2 aromatic carbocycles. The number of fused-ring (bicyclic) bond motifs is 1. The van der Waals surface area contributed by atoms with E-state index in [1.807, 2.05) is 41.3 Å². The molecular weight excluding hydrogens is 679 g/mol. The predicted molar refractivity (Wildman–Crippen MR) is 189 cm³/mol. The SMILES string of the molecule is CCCN(C(=O)C(F)(F)F)[C@H]1C[C@@H](n2cnc3c(NCC(c4ccccc4)c4ccccc4)nc(N4CC[C@@H](NC(=O)N(C)C)C4)nc32)[C@H](O)[C@@H]1O. The lowest BCUT2D eigenvalue weighted by Gasteiger charge is -2.31. The normalized spacial score (nSPS) is 21.9. The summed E-state index contributed by atoms with van der Waals surface area (Å²) in [7, 11) is 3.32. The second-order valence-electron chi connectivity index (χ2n) is 13.6. The zero-order valence-electron chi connectivity index (χ0n) is 29.2. The van der Waals surface area contributed by atoms with Crippen LogP contribution >= 0.6 is 0 Å². The van der Waals surface area contributed by atoms with Crippen molar-refractivity contribution in [2.24, 2.45) is 0 Å². The van der Waals surface area contributed by atoms with Crippen molar-refractivity contribution in [1.29, 1.82) is 0 Å². The Bertz CT molecular complexity index is 1800. The molecule has 0 bridgehead atoms. The quantitative estimate of drug-likeness (QED) is 0.181. The summed E-state index contributed by atoms with van der Waals surface area (Å²) in [5.41, 5.74) is 2.82. The third-order valence-corrected chi connectivity index (χ3v) is 9.84. The summed E-state index contributed by atoms with van der Waals surface area (Å²) in [5.74, 6) is -1.40. The van der Waals surface area contributed by atoms with Crippen LogP contribution in [0.4, 0.5) is 29.7 Å². The first-order valence-electron chi connectivity index (χ1n) is 17.4. The van der Waals surface area contributed by atoms with Gasteiger partial charge in [0, 0.05) is 52.2 Å².